The highest BCUT2D eigenvalue weighted by molar-refractivity contribution is 5.97. The zero-order valence-electron chi connectivity index (χ0n) is 123. The van der Waals surface area contributed by atoms with Gasteiger partial charge in [-0.05, 0) is 147 Å². The summed E-state index contributed by atoms with van der Waals surface area (Å²) in [5.41, 5.74) is -11.5. The molecule has 15 rings (SSSR count). The quantitative estimate of drug-likeness (QED) is 0.0360. The molecule has 45 nitrogen and oxygen atoms in total. The number of piperidine rings is 5. The van der Waals surface area contributed by atoms with E-state index in [2.05, 4.69) is 52.1 Å². The normalized spacial score (nSPS) is 22.6. The summed E-state index contributed by atoms with van der Waals surface area (Å²) in [6.07, 6.45) is -10.4. The molecule has 5 aliphatic rings. The Morgan fingerprint density at radius 3 is 0.614 bits per heavy atom. The van der Waals surface area contributed by atoms with Crippen LogP contribution in [-0.2, 0) is 113 Å². The van der Waals surface area contributed by atoms with E-state index in [0.29, 0.717) is 34.8 Å². The summed E-state index contributed by atoms with van der Waals surface area (Å²) in [4.78, 5) is 140. The topological polar surface area (TPSA) is 427 Å². The van der Waals surface area contributed by atoms with Crippen molar-refractivity contribution in [3.8, 4) is 0 Å². The van der Waals surface area contributed by atoms with Gasteiger partial charge in [0.15, 0.2) is 0 Å². The molecule has 5 saturated heterocycles. The lowest BCUT2D eigenvalue weighted by molar-refractivity contribution is -0.129. The molecule has 5 fully saturated rings. The van der Waals surface area contributed by atoms with Crippen LogP contribution < -0.4 is 52.9 Å². The third kappa shape index (κ3) is 27.6. The van der Waals surface area contributed by atoms with Crippen molar-refractivity contribution in [2.75, 3.05) is 158 Å². The first-order valence-corrected chi connectivity index (χ1v) is 46.7. The number of amides is 5. The van der Waals surface area contributed by atoms with Crippen LogP contribution in [0.25, 0.3) is 0 Å². The van der Waals surface area contributed by atoms with Gasteiger partial charge in [0.2, 0.25) is 29.5 Å². The van der Waals surface area contributed by atoms with Crippen molar-refractivity contribution in [1.82, 2.24) is 123 Å². The second-order valence-electron chi connectivity index (χ2n) is 32.7. The SMILES string of the molecule is [2H]C([2H])(C)C(=O)N(c1ccccc1)C1(OC)CCN(C([2H])([2H])C([2H])([2H])n2nnn(CC)c2=O)CC1.[2H]C([2H])([2H])C([2H])([2H])C(=O)N(c1ccccc1)C1(OC)CCN(C([2H])([2H])C([2H])([2H])n2nnn(CC)c2=O)CC1.[2H]C([2H])([2H])CC(=O)N(c1ccccc1)C1(OC([2H])([2H])[2H])CCN(C([2H])([2H])C([2H])([2H])n2nnn(CC)c2=O)CC1.[2H]C([2H])([2H])OC1(N(C(=O)C([2H])([2H])C)c2ccccc2)CCN(C([2H])([2H])C([2H])([2H])n2nnn(CC)c2=O)CC1.[2H]C([2H])([2H])OC1(N(C(=O)CC)c2ccccc2)CCN(C([2H])([2H])C([2H])([2H])n2nnn(CC)c2=O)CC1. The number of aromatic nitrogens is 20. The first-order chi connectivity index (χ1) is 85.6. The van der Waals surface area contributed by atoms with Crippen molar-refractivity contribution < 1.29 is 104 Å². The van der Waals surface area contributed by atoms with E-state index in [1.54, 1.807) is 157 Å². The number of likely N-dealkylation sites (tertiary alicyclic amines) is 5. The molecule has 10 aromatic rings. The molecule has 0 radical (unpaired) electrons. The number of para-hydroxylation sites is 5. The molecule has 790 valence electrons. The number of hydrogen-bond donors (Lipinski definition) is 0. The van der Waals surface area contributed by atoms with Gasteiger partial charge in [-0.2, -0.15) is 46.8 Å². The van der Waals surface area contributed by atoms with Gasteiger partial charge in [-0.3, -0.25) is 48.5 Å². The Bertz CT molecular complexity index is 7860. The Hall–Kier alpha value is -12.6. The van der Waals surface area contributed by atoms with E-state index in [0.717, 1.165) is 71.6 Å². The van der Waals surface area contributed by atoms with Crippen LogP contribution in [0, 0.1) is 0 Å². The van der Waals surface area contributed by atoms with Gasteiger partial charge in [0.05, 0.1) is 58.5 Å². The molecule has 145 heavy (non-hydrogen) atoms. The first-order valence-electron chi connectivity index (χ1n) is 67.2. The lowest BCUT2D eigenvalue weighted by Gasteiger charge is -2.47. The third-order valence-electron chi connectivity index (χ3n) is 24.5. The molecule has 45 heteroatoms. The van der Waals surface area contributed by atoms with E-state index >= 15 is 0 Å². The second-order valence-corrected chi connectivity index (χ2v) is 32.7. The molecule has 5 aromatic heterocycles. The lowest BCUT2D eigenvalue weighted by atomic mass is 9.96. The molecule has 5 amide bonds. The number of methoxy groups -OCH3 is 5. The third-order valence-corrected chi connectivity index (χ3v) is 24.5. The van der Waals surface area contributed by atoms with Crippen LogP contribution in [0.3, 0.4) is 0 Å². The number of rotatable bonds is 40. The van der Waals surface area contributed by atoms with Crippen LogP contribution in [0.5, 0.6) is 0 Å². The predicted octanol–water partition coefficient (Wildman–Crippen LogP) is 6.71. The van der Waals surface area contributed by atoms with Crippen molar-refractivity contribution in [2.24, 2.45) is 0 Å². The number of nitrogens with zero attached hydrogens (tertiary/aromatic N) is 30. The Morgan fingerprint density at radius 2 is 0.448 bits per heavy atom. The zero-order valence-corrected chi connectivity index (χ0v) is 82.1. The molecule has 5 aliphatic heterocycles. The zero-order chi connectivity index (χ0) is 140. The first kappa shape index (κ1) is 68.0. The number of anilines is 5. The summed E-state index contributed by atoms with van der Waals surface area (Å²) in [7, 11) is -6.20. The molecule has 0 aliphatic carbocycles. The van der Waals surface area contributed by atoms with Crippen LogP contribution in [0.15, 0.2) is 176 Å². The van der Waals surface area contributed by atoms with Crippen LogP contribution in [0.4, 0.5) is 28.4 Å². The van der Waals surface area contributed by atoms with Crippen molar-refractivity contribution in [3.05, 3.63) is 204 Å². The summed E-state index contributed by atoms with van der Waals surface area (Å²) in [6, 6.07) is 40.5. The standard InChI is InChI=1S/5C20H30N6O3/c5*1-4-18(27)26(17-9-7-6-8-10-17)20(29-3)11-13-23(14-12-20)15-16-25-19(28)24(5-2)21-22-25/h5*6-10H,4-5,11-16H2,1-3H3/i3D3,4D2,15D2,16D2;1D3,4D2,15D2,16D2;1D3,3D3,15D2,16D2;4D2,15D2,16D2;3D3,15D2,16D2. The van der Waals surface area contributed by atoms with Gasteiger partial charge in [0.25, 0.3) is 0 Å². The monoisotopic (exact) mass is 2050 g/mol. The maximum atomic E-state index is 13.5. The fourth-order valence-corrected chi connectivity index (χ4v) is 16.5. The van der Waals surface area contributed by atoms with Crippen molar-refractivity contribution in [2.45, 2.75) is 259 Å². The maximum Gasteiger partial charge on any atom is 0.363 e. The summed E-state index contributed by atoms with van der Waals surface area (Å²) < 4.78 is 368. The minimum Gasteiger partial charge on any atom is -0.358 e. The van der Waals surface area contributed by atoms with E-state index in [-0.39, 0.29) is 192 Å². The highest BCUT2D eigenvalue weighted by atomic mass is 16.5. The van der Waals surface area contributed by atoms with Gasteiger partial charge in [0, 0.05) is 321 Å². The molecule has 0 N–H and O–H groups in total. The highest BCUT2D eigenvalue weighted by Gasteiger charge is 2.49. The van der Waals surface area contributed by atoms with Crippen LogP contribution in [-0.4, -0.2) is 315 Å². The van der Waals surface area contributed by atoms with Gasteiger partial charge >= 0.3 is 28.4 Å². The van der Waals surface area contributed by atoms with Gasteiger partial charge in [-0.1, -0.05) is 125 Å². The highest BCUT2D eigenvalue weighted by Crippen LogP contribution is 2.41. The number of benzene rings is 5. The van der Waals surface area contributed by atoms with Gasteiger partial charge < -0.3 is 48.2 Å². The molecule has 0 bridgehead atoms. The summed E-state index contributed by atoms with van der Waals surface area (Å²) in [5.74, 6) is -4.50. The minimum atomic E-state index is -3.27. The number of aryl methyl sites for hydroxylation is 10. The Kier molecular flexibility index (Phi) is 25.6. The molecule has 10 heterocycles. The van der Waals surface area contributed by atoms with Crippen molar-refractivity contribution >= 4 is 58.0 Å². The van der Waals surface area contributed by atoms with Crippen LogP contribution in [0.2, 0.25) is 0 Å². The largest absolute Gasteiger partial charge is 0.363 e. The van der Waals surface area contributed by atoms with Gasteiger partial charge in [-0.25, -0.2) is 24.0 Å². The fourth-order valence-electron chi connectivity index (χ4n) is 16.5. The lowest BCUT2D eigenvalue weighted by Crippen LogP contribution is -2.59. The van der Waals surface area contributed by atoms with E-state index in [1.165, 1.54) is 65.3 Å². The van der Waals surface area contributed by atoms with Gasteiger partial charge in [-0.15, -0.1) is 0 Å². The Morgan fingerprint density at radius 1 is 0.262 bits per heavy atom. The predicted molar refractivity (Wildman–Crippen MR) is 548 cm³/mol. The number of hydrogen-bond acceptors (Lipinski definition) is 30. The van der Waals surface area contributed by atoms with Crippen molar-refractivity contribution in [1.29, 1.82) is 0 Å². The maximum absolute atomic E-state index is 13.5. The Balaban J connectivity index is 0.000000215. The average molecular weight is 2050 g/mol. The van der Waals surface area contributed by atoms with E-state index in [4.69, 9.17) is 79.9 Å². The van der Waals surface area contributed by atoms with E-state index < -0.39 is 206 Å². The van der Waals surface area contributed by atoms with Crippen molar-refractivity contribution in [3.63, 3.8) is 0 Å². The molecular weight excluding hydrogens is 1860 g/mol. The van der Waals surface area contributed by atoms with Gasteiger partial charge in [0.1, 0.15) is 28.6 Å². The smallest absolute Gasteiger partial charge is 0.358 e. The Labute approximate surface area is 904 Å². The molecular formula is C100H150N30O15. The number of carbonyl (C=O) groups excluding carboxylic acids is 5. The second kappa shape index (κ2) is 54.5. The molecule has 0 unspecified atom stereocenters. The molecule has 0 saturated carbocycles. The molecule has 0 spiro atoms. The average Bonchev–Trinajstić information content (AvgIpc) is 1.27. The fraction of sp³-hybridized carbons (Fsp3) is 0.600. The summed E-state index contributed by atoms with van der Waals surface area (Å²) >= 11 is 0. The minimum absolute atomic E-state index is 0.0413. The van der Waals surface area contributed by atoms with E-state index in [9.17, 15) is 47.9 Å². The number of ether oxygens (including phenoxy) is 5. The van der Waals surface area contributed by atoms with E-state index in [1.807, 2.05) is 0 Å². The molecule has 0 atom stereocenters. The number of tetrazole rings is 5. The molecule has 5 aromatic carbocycles. The van der Waals surface area contributed by atoms with Crippen LogP contribution >= 0.6 is 0 Å². The summed E-state index contributed by atoms with van der Waals surface area (Å²) in [5, 5.41) is 35.4. The summed E-state index contributed by atoms with van der Waals surface area (Å²) in [6.45, 7) is -23.9. The van der Waals surface area contributed by atoms with Crippen LogP contribution in [0.1, 0.15) is 221 Å². The number of carbonyl (C=O) groups is 5.